The van der Waals surface area contributed by atoms with Gasteiger partial charge in [-0.3, -0.25) is 9.59 Å². The average Bonchev–Trinajstić information content (AvgIpc) is 2.57. The number of carbonyl (C=O) groups is 2. The second-order valence-corrected chi connectivity index (χ2v) is 5.64. The number of likely N-dealkylation sites (tertiary alicyclic amines) is 1. The second-order valence-electron chi connectivity index (χ2n) is 5.64. The van der Waals surface area contributed by atoms with Crippen molar-refractivity contribution in [2.24, 2.45) is 5.92 Å². The molecular weight excluding hydrogens is 277 g/mol. The van der Waals surface area contributed by atoms with Crippen molar-refractivity contribution >= 4 is 11.8 Å². The molecule has 1 aliphatic heterocycles. The molecule has 1 fully saturated rings. The predicted octanol–water partition coefficient (Wildman–Crippen LogP) is 0.674. The van der Waals surface area contributed by atoms with E-state index in [4.69, 9.17) is 5.11 Å². The van der Waals surface area contributed by atoms with E-state index in [2.05, 4.69) is 5.32 Å². The first-order chi connectivity index (χ1) is 9.04. The number of alkyl halides is 3. The van der Waals surface area contributed by atoms with Crippen LogP contribution in [0.15, 0.2) is 0 Å². The number of hydrogen-bond donors (Lipinski definition) is 2. The topological polar surface area (TPSA) is 69.6 Å². The molecular formula is C12H19F3N2O3. The Morgan fingerprint density at radius 1 is 1.45 bits per heavy atom. The van der Waals surface area contributed by atoms with Gasteiger partial charge in [-0.25, -0.2) is 0 Å². The molecule has 1 atom stereocenters. The van der Waals surface area contributed by atoms with Crippen LogP contribution in [-0.4, -0.2) is 53.2 Å². The van der Waals surface area contributed by atoms with Gasteiger partial charge in [0.2, 0.25) is 11.8 Å². The summed E-state index contributed by atoms with van der Waals surface area (Å²) in [6.45, 7) is 1.74. The summed E-state index contributed by atoms with van der Waals surface area (Å²) in [7, 11) is 0. The number of halogens is 3. The van der Waals surface area contributed by atoms with Crippen molar-refractivity contribution < 1.29 is 27.9 Å². The fourth-order valence-electron chi connectivity index (χ4n) is 2.09. The summed E-state index contributed by atoms with van der Waals surface area (Å²) in [4.78, 5) is 24.1. The normalized spacial score (nSPS) is 20.4. The van der Waals surface area contributed by atoms with Crippen LogP contribution >= 0.6 is 0 Å². The van der Waals surface area contributed by atoms with E-state index in [0.29, 0.717) is 11.3 Å². The van der Waals surface area contributed by atoms with Crippen LogP contribution in [0.25, 0.3) is 0 Å². The van der Waals surface area contributed by atoms with Crippen LogP contribution in [0.1, 0.15) is 26.7 Å². The molecule has 5 nitrogen and oxygen atoms in total. The molecule has 0 bridgehead atoms. The van der Waals surface area contributed by atoms with E-state index < -0.39 is 36.0 Å². The summed E-state index contributed by atoms with van der Waals surface area (Å²) in [6.07, 6.45) is -4.35. The number of nitrogens with one attached hydrogen (secondary N) is 1. The lowest BCUT2D eigenvalue weighted by Gasteiger charge is -2.27. The predicted molar refractivity (Wildman–Crippen MR) is 64.7 cm³/mol. The molecule has 116 valence electrons. The average molecular weight is 296 g/mol. The van der Waals surface area contributed by atoms with Crippen molar-refractivity contribution in [3.63, 3.8) is 0 Å². The second kappa shape index (κ2) is 5.99. The van der Waals surface area contributed by atoms with E-state index in [-0.39, 0.29) is 19.6 Å². The number of nitrogens with zero attached hydrogens (tertiary/aromatic N) is 1. The van der Waals surface area contributed by atoms with Crippen LogP contribution < -0.4 is 5.32 Å². The van der Waals surface area contributed by atoms with Crippen molar-refractivity contribution in [2.75, 3.05) is 19.7 Å². The first kappa shape index (κ1) is 16.7. The highest BCUT2D eigenvalue weighted by molar-refractivity contribution is 5.89. The fraction of sp³-hybridized carbons (Fsp3) is 0.833. The summed E-state index contributed by atoms with van der Waals surface area (Å²) >= 11 is 0. The number of rotatable bonds is 5. The smallest absolute Gasteiger partial charge is 0.396 e. The van der Waals surface area contributed by atoms with Crippen LogP contribution in [0.4, 0.5) is 13.2 Å². The third-order valence-corrected chi connectivity index (χ3v) is 3.15. The third-order valence-electron chi connectivity index (χ3n) is 3.15. The largest absolute Gasteiger partial charge is 0.406 e. The summed E-state index contributed by atoms with van der Waals surface area (Å²) in [5.74, 6) is -1.90. The Kier molecular flexibility index (Phi) is 5.01. The molecule has 8 heteroatoms. The molecule has 0 radical (unpaired) electrons. The molecule has 1 saturated heterocycles. The lowest BCUT2D eigenvalue weighted by atomic mass is 9.99. The number of amides is 2. The first-order valence-corrected chi connectivity index (χ1v) is 6.31. The molecule has 0 aliphatic carbocycles. The summed E-state index contributed by atoms with van der Waals surface area (Å²) < 4.78 is 36.8. The lowest BCUT2D eigenvalue weighted by molar-refractivity contribution is -0.157. The molecule has 20 heavy (non-hydrogen) atoms. The van der Waals surface area contributed by atoms with E-state index in [1.807, 2.05) is 0 Å². The van der Waals surface area contributed by atoms with Gasteiger partial charge in [0.1, 0.15) is 6.54 Å². The fourth-order valence-corrected chi connectivity index (χ4v) is 2.09. The van der Waals surface area contributed by atoms with E-state index in [1.54, 1.807) is 13.8 Å². The highest BCUT2D eigenvalue weighted by Crippen LogP contribution is 2.24. The van der Waals surface area contributed by atoms with Crippen LogP contribution in [0.3, 0.4) is 0 Å². The van der Waals surface area contributed by atoms with Gasteiger partial charge < -0.3 is 15.3 Å². The van der Waals surface area contributed by atoms with E-state index in [9.17, 15) is 22.8 Å². The SMILES string of the molecule is CC(C)(CCO)NC(=O)C1CC(=O)N(CC(F)(F)F)C1. The molecule has 1 rings (SSSR count). The quantitative estimate of drug-likeness (QED) is 0.783. The number of carbonyl (C=O) groups excluding carboxylic acids is 2. The Bertz CT molecular complexity index is 383. The van der Waals surface area contributed by atoms with Gasteiger partial charge in [-0.15, -0.1) is 0 Å². The van der Waals surface area contributed by atoms with Gasteiger partial charge in [-0.2, -0.15) is 13.2 Å². The van der Waals surface area contributed by atoms with Crippen LogP contribution in [0.2, 0.25) is 0 Å². The highest BCUT2D eigenvalue weighted by Gasteiger charge is 2.41. The molecule has 1 aliphatic rings. The minimum absolute atomic E-state index is 0.114. The van der Waals surface area contributed by atoms with Gasteiger partial charge in [-0.1, -0.05) is 0 Å². The third kappa shape index (κ3) is 4.99. The Balaban J connectivity index is 2.58. The summed E-state index contributed by atoms with van der Waals surface area (Å²) in [5, 5.41) is 11.5. The van der Waals surface area contributed by atoms with Crippen molar-refractivity contribution in [2.45, 2.75) is 38.4 Å². The Labute approximate surface area is 115 Å². The molecule has 0 spiro atoms. The van der Waals surface area contributed by atoms with Gasteiger partial charge in [0, 0.05) is 25.1 Å². The standard InChI is InChI=1S/C12H19F3N2O3/c1-11(2,3-4-18)16-10(20)8-5-9(19)17(6-8)7-12(13,14)15/h8,18H,3-7H2,1-2H3,(H,16,20). The van der Waals surface area contributed by atoms with Crippen molar-refractivity contribution in [3.8, 4) is 0 Å². The Morgan fingerprint density at radius 3 is 2.55 bits per heavy atom. The van der Waals surface area contributed by atoms with E-state index in [1.165, 1.54) is 0 Å². The lowest BCUT2D eigenvalue weighted by Crippen LogP contribution is -2.47. The first-order valence-electron chi connectivity index (χ1n) is 6.31. The van der Waals surface area contributed by atoms with Crippen LogP contribution in [0.5, 0.6) is 0 Å². The summed E-state index contributed by atoms with van der Waals surface area (Å²) in [6, 6.07) is 0. The van der Waals surface area contributed by atoms with Gasteiger partial charge >= 0.3 is 6.18 Å². The summed E-state index contributed by atoms with van der Waals surface area (Å²) in [5.41, 5.74) is -0.660. The highest BCUT2D eigenvalue weighted by atomic mass is 19.4. The Morgan fingerprint density at radius 2 is 2.05 bits per heavy atom. The molecule has 0 aromatic heterocycles. The van der Waals surface area contributed by atoms with E-state index >= 15 is 0 Å². The molecule has 0 aromatic rings. The van der Waals surface area contributed by atoms with Crippen molar-refractivity contribution in [3.05, 3.63) is 0 Å². The molecule has 1 unspecified atom stereocenters. The van der Waals surface area contributed by atoms with E-state index in [0.717, 1.165) is 0 Å². The van der Waals surface area contributed by atoms with Gasteiger partial charge in [-0.05, 0) is 20.3 Å². The van der Waals surface area contributed by atoms with Gasteiger partial charge in [0.05, 0.1) is 5.92 Å². The zero-order valence-corrected chi connectivity index (χ0v) is 11.5. The van der Waals surface area contributed by atoms with Crippen molar-refractivity contribution in [1.29, 1.82) is 0 Å². The minimum atomic E-state index is -4.46. The molecule has 2 N–H and O–H groups in total. The number of aliphatic hydroxyl groups excluding tert-OH is 1. The van der Waals surface area contributed by atoms with Gasteiger partial charge in [0.15, 0.2) is 0 Å². The number of aliphatic hydroxyl groups is 1. The maximum atomic E-state index is 12.3. The Hall–Kier alpha value is -1.31. The maximum Gasteiger partial charge on any atom is 0.406 e. The zero-order chi connectivity index (χ0) is 15.6. The molecule has 1 heterocycles. The van der Waals surface area contributed by atoms with Crippen LogP contribution in [-0.2, 0) is 9.59 Å². The van der Waals surface area contributed by atoms with Crippen molar-refractivity contribution in [1.82, 2.24) is 10.2 Å². The van der Waals surface area contributed by atoms with Crippen LogP contribution in [0, 0.1) is 5.92 Å². The van der Waals surface area contributed by atoms with Gasteiger partial charge in [0.25, 0.3) is 0 Å². The number of hydrogen-bond acceptors (Lipinski definition) is 3. The zero-order valence-electron chi connectivity index (χ0n) is 11.5. The minimum Gasteiger partial charge on any atom is -0.396 e. The molecule has 0 aromatic carbocycles. The molecule has 2 amide bonds. The molecule has 0 saturated carbocycles. The maximum absolute atomic E-state index is 12.3. The monoisotopic (exact) mass is 296 g/mol.